The highest BCUT2D eigenvalue weighted by molar-refractivity contribution is 7.15. The van der Waals surface area contributed by atoms with Crippen molar-refractivity contribution in [2.45, 2.75) is 46.1 Å². The van der Waals surface area contributed by atoms with Crippen LogP contribution in [0.5, 0.6) is 0 Å². The van der Waals surface area contributed by atoms with Crippen LogP contribution < -0.4 is 10.6 Å². The molecule has 0 radical (unpaired) electrons. The lowest BCUT2D eigenvalue weighted by Crippen LogP contribution is -2.27. The van der Waals surface area contributed by atoms with E-state index in [0.29, 0.717) is 10.9 Å². The van der Waals surface area contributed by atoms with Crippen molar-refractivity contribution in [1.29, 1.82) is 0 Å². The van der Waals surface area contributed by atoms with Crippen LogP contribution in [0.2, 0.25) is 0 Å². The van der Waals surface area contributed by atoms with E-state index >= 15 is 0 Å². The summed E-state index contributed by atoms with van der Waals surface area (Å²) in [6.45, 7) is 8.42. The summed E-state index contributed by atoms with van der Waals surface area (Å²) in [7, 11) is 0. The number of nitrogens with zero attached hydrogens (tertiary/aromatic N) is 3. The Labute approximate surface area is 127 Å². The van der Waals surface area contributed by atoms with Gasteiger partial charge in [-0.3, -0.25) is 5.32 Å². The van der Waals surface area contributed by atoms with Gasteiger partial charge in [0.05, 0.1) is 12.2 Å². The van der Waals surface area contributed by atoms with Gasteiger partial charge in [0.15, 0.2) is 5.76 Å². The second-order valence-electron chi connectivity index (χ2n) is 5.61. The highest BCUT2D eigenvalue weighted by atomic mass is 32.1. The van der Waals surface area contributed by atoms with E-state index in [2.05, 4.69) is 26.0 Å². The molecular weight excluding hydrogens is 290 g/mol. The maximum absolute atomic E-state index is 11.8. The molecule has 2 rings (SSSR count). The van der Waals surface area contributed by atoms with E-state index in [0.717, 1.165) is 17.1 Å². The van der Waals surface area contributed by atoms with Crippen LogP contribution in [0.15, 0.2) is 10.6 Å². The van der Waals surface area contributed by atoms with Crippen LogP contribution in [-0.4, -0.2) is 21.4 Å². The number of aromatic nitrogens is 3. The maximum Gasteiger partial charge on any atom is 0.321 e. The molecule has 0 saturated carbocycles. The van der Waals surface area contributed by atoms with Gasteiger partial charge in [0, 0.05) is 11.5 Å². The smallest absolute Gasteiger partial charge is 0.321 e. The number of carbonyl (C=O) groups excluding carboxylic acids is 1. The Morgan fingerprint density at radius 1 is 1.38 bits per heavy atom. The van der Waals surface area contributed by atoms with Gasteiger partial charge in [-0.2, -0.15) is 0 Å². The lowest BCUT2D eigenvalue weighted by atomic mass is 9.98. The molecular formula is C13H19N5O2S. The Kier molecular flexibility index (Phi) is 4.56. The number of hydrogen-bond acceptors (Lipinski definition) is 6. The molecule has 0 saturated heterocycles. The summed E-state index contributed by atoms with van der Waals surface area (Å²) in [4.78, 5) is 11.8. The van der Waals surface area contributed by atoms with Crippen molar-refractivity contribution in [3.8, 4) is 0 Å². The summed E-state index contributed by atoms with van der Waals surface area (Å²) in [6.07, 6.45) is 0.802. The molecule has 8 heteroatoms. The van der Waals surface area contributed by atoms with Crippen molar-refractivity contribution in [3.63, 3.8) is 0 Å². The Hall–Kier alpha value is -1.96. The van der Waals surface area contributed by atoms with Gasteiger partial charge in [0.25, 0.3) is 0 Å². The average molecular weight is 309 g/mol. The van der Waals surface area contributed by atoms with Crippen LogP contribution in [0.25, 0.3) is 0 Å². The first kappa shape index (κ1) is 15.4. The molecule has 2 amide bonds. The van der Waals surface area contributed by atoms with E-state index in [1.165, 1.54) is 11.3 Å². The van der Waals surface area contributed by atoms with Crippen LogP contribution in [0.4, 0.5) is 9.93 Å². The van der Waals surface area contributed by atoms with Gasteiger partial charge < -0.3 is 9.84 Å². The molecule has 0 unspecified atom stereocenters. The Balaban J connectivity index is 1.85. The van der Waals surface area contributed by atoms with E-state index in [1.807, 2.05) is 33.8 Å². The third-order valence-corrected chi connectivity index (χ3v) is 3.94. The predicted octanol–water partition coefficient (Wildman–Crippen LogP) is 2.71. The van der Waals surface area contributed by atoms with Crippen molar-refractivity contribution < 1.29 is 9.32 Å². The van der Waals surface area contributed by atoms with Crippen LogP contribution in [0.3, 0.4) is 0 Å². The standard InChI is InChI=1S/C13H19N5O2S/c1-5-8-6-9(20-18-8)7-14-11(19)15-12-17-16-10(21-12)13(2,3)4/h6H,5,7H2,1-4H3,(H2,14,15,17,19). The number of amides is 2. The minimum atomic E-state index is -0.346. The summed E-state index contributed by atoms with van der Waals surface area (Å²) in [5, 5.41) is 18.6. The lowest BCUT2D eigenvalue weighted by Gasteiger charge is -2.12. The van der Waals surface area contributed by atoms with Gasteiger partial charge in [-0.15, -0.1) is 10.2 Å². The van der Waals surface area contributed by atoms with Gasteiger partial charge in [0.2, 0.25) is 5.13 Å². The maximum atomic E-state index is 11.8. The molecule has 7 nitrogen and oxygen atoms in total. The number of aryl methyl sites for hydroxylation is 1. The van der Waals surface area contributed by atoms with Crippen molar-refractivity contribution in [1.82, 2.24) is 20.7 Å². The van der Waals surface area contributed by atoms with Crippen molar-refractivity contribution in [2.24, 2.45) is 0 Å². The van der Waals surface area contributed by atoms with E-state index in [4.69, 9.17) is 4.52 Å². The molecule has 2 aromatic rings. The van der Waals surface area contributed by atoms with E-state index in [1.54, 1.807) is 0 Å². The summed E-state index contributed by atoms with van der Waals surface area (Å²) in [6, 6.07) is 1.48. The summed E-state index contributed by atoms with van der Waals surface area (Å²) in [5.41, 5.74) is 0.788. The Morgan fingerprint density at radius 3 is 2.71 bits per heavy atom. The molecule has 0 bridgehead atoms. The van der Waals surface area contributed by atoms with Crippen molar-refractivity contribution >= 4 is 22.5 Å². The Bertz CT molecular complexity index is 614. The molecule has 0 atom stereocenters. The number of rotatable bonds is 4. The van der Waals surface area contributed by atoms with Crippen molar-refractivity contribution in [3.05, 3.63) is 22.5 Å². The first-order valence-corrected chi connectivity index (χ1v) is 7.53. The SMILES string of the molecule is CCc1cc(CNC(=O)Nc2nnc(C(C)(C)C)s2)on1. The Morgan fingerprint density at radius 2 is 2.14 bits per heavy atom. The quantitative estimate of drug-likeness (QED) is 0.905. The van der Waals surface area contributed by atoms with Crippen LogP contribution in [0.1, 0.15) is 44.2 Å². The number of urea groups is 1. The zero-order valence-electron chi connectivity index (χ0n) is 12.6. The molecule has 0 fully saturated rings. The molecule has 0 aliphatic rings. The van der Waals surface area contributed by atoms with Gasteiger partial charge in [-0.1, -0.05) is 44.2 Å². The third kappa shape index (κ3) is 4.25. The second-order valence-corrected chi connectivity index (χ2v) is 6.59. The van der Waals surface area contributed by atoms with E-state index in [9.17, 15) is 4.79 Å². The highest BCUT2D eigenvalue weighted by Crippen LogP contribution is 2.27. The normalized spacial score (nSPS) is 11.4. The molecule has 2 N–H and O–H groups in total. The van der Waals surface area contributed by atoms with E-state index < -0.39 is 0 Å². The van der Waals surface area contributed by atoms with E-state index in [-0.39, 0.29) is 18.0 Å². The lowest BCUT2D eigenvalue weighted by molar-refractivity contribution is 0.250. The largest absolute Gasteiger partial charge is 0.359 e. The monoisotopic (exact) mass is 309 g/mol. The van der Waals surface area contributed by atoms with Gasteiger partial charge >= 0.3 is 6.03 Å². The first-order chi connectivity index (χ1) is 9.88. The minimum absolute atomic E-state index is 0.0789. The number of anilines is 1. The average Bonchev–Trinajstić information content (AvgIpc) is 3.04. The second kappa shape index (κ2) is 6.21. The molecule has 2 aromatic heterocycles. The number of nitrogens with one attached hydrogen (secondary N) is 2. The molecule has 21 heavy (non-hydrogen) atoms. The minimum Gasteiger partial charge on any atom is -0.359 e. The van der Waals surface area contributed by atoms with Crippen LogP contribution in [0, 0.1) is 0 Å². The topological polar surface area (TPSA) is 92.9 Å². The fourth-order valence-corrected chi connectivity index (χ4v) is 2.29. The summed E-state index contributed by atoms with van der Waals surface area (Å²) in [5.74, 6) is 0.620. The van der Waals surface area contributed by atoms with Crippen molar-refractivity contribution in [2.75, 3.05) is 5.32 Å². The summed E-state index contributed by atoms with van der Waals surface area (Å²) >= 11 is 1.37. The van der Waals surface area contributed by atoms with Crippen LogP contribution >= 0.6 is 11.3 Å². The fourth-order valence-electron chi connectivity index (χ4n) is 1.49. The van der Waals surface area contributed by atoms with Crippen LogP contribution in [-0.2, 0) is 18.4 Å². The molecule has 0 spiro atoms. The molecule has 2 heterocycles. The highest BCUT2D eigenvalue weighted by Gasteiger charge is 2.20. The molecule has 0 aliphatic heterocycles. The number of carbonyl (C=O) groups is 1. The molecule has 0 aromatic carbocycles. The first-order valence-electron chi connectivity index (χ1n) is 6.72. The van der Waals surface area contributed by atoms with Gasteiger partial charge in [0.1, 0.15) is 5.01 Å². The zero-order valence-corrected chi connectivity index (χ0v) is 13.4. The van der Waals surface area contributed by atoms with Gasteiger partial charge in [-0.05, 0) is 6.42 Å². The molecule has 0 aliphatic carbocycles. The third-order valence-electron chi connectivity index (χ3n) is 2.68. The fraction of sp³-hybridized carbons (Fsp3) is 0.538. The van der Waals surface area contributed by atoms with Gasteiger partial charge in [-0.25, -0.2) is 4.79 Å². The molecule has 114 valence electrons. The zero-order chi connectivity index (χ0) is 15.5. The predicted molar refractivity (Wildman–Crippen MR) is 80.3 cm³/mol. The summed E-state index contributed by atoms with van der Waals surface area (Å²) < 4.78 is 5.09. The number of hydrogen-bond donors (Lipinski definition) is 2.